The van der Waals surface area contributed by atoms with Crippen LogP contribution in [0.15, 0.2) is 42.2 Å². The highest BCUT2D eigenvalue weighted by Crippen LogP contribution is 2.05. The number of aliphatic hydroxyl groups is 1. The van der Waals surface area contributed by atoms with E-state index in [1.165, 1.54) is 0 Å². The van der Waals surface area contributed by atoms with Gasteiger partial charge in [-0.3, -0.25) is 4.79 Å². The van der Waals surface area contributed by atoms with Crippen molar-refractivity contribution in [3.05, 3.63) is 42.2 Å². The van der Waals surface area contributed by atoms with Crippen molar-refractivity contribution in [2.75, 3.05) is 10.6 Å². The van der Waals surface area contributed by atoms with Crippen LogP contribution >= 0.6 is 15.9 Å². The molecule has 0 fully saturated rings. The van der Waals surface area contributed by atoms with Crippen molar-refractivity contribution in [3.63, 3.8) is 0 Å². The number of nitrogens with one attached hydrogen (secondary N) is 1. The van der Waals surface area contributed by atoms with E-state index in [0.29, 0.717) is 5.69 Å². The zero-order chi connectivity index (χ0) is 10.4. The lowest BCUT2D eigenvalue weighted by Gasteiger charge is -2.00. The Morgan fingerprint density at radius 3 is 2.64 bits per heavy atom. The van der Waals surface area contributed by atoms with Crippen molar-refractivity contribution in [3.8, 4) is 0 Å². The number of alkyl halides is 1. The van der Waals surface area contributed by atoms with Crippen LogP contribution in [0.2, 0.25) is 0 Å². The SMILES string of the molecule is O=C(/C=C(\O)CBr)Nc1ccccc1. The molecular weight excluding hydrogens is 246 g/mol. The lowest BCUT2D eigenvalue weighted by molar-refractivity contribution is -0.112. The van der Waals surface area contributed by atoms with Crippen LogP contribution in [0.4, 0.5) is 5.69 Å². The zero-order valence-electron chi connectivity index (χ0n) is 7.40. The molecular formula is C10H10BrNO2. The van der Waals surface area contributed by atoms with Gasteiger partial charge in [-0.15, -0.1) is 0 Å². The minimum Gasteiger partial charge on any atom is -0.511 e. The zero-order valence-corrected chi connectivity index (χ0v) is 8.99. The molecule has 1 aromatic rings. The first-order valence-electron chi connectivity index (χ1n) is 4.04. The van der Waals surface area contributed by atoms with Gasteiger partial charge in [0.25, 0.3) is 5.91 Å². The molecule has 0 radical (unpaired) electrons. The highest BCUT2D eigenvalue weighted by Gasteiger charge is 1.99. The fourth-order valence-corrected chi connectivity index (χ4v) is 1.05. The molecule has 0 unspecified atom stereocenters. The van der Waals surface area contributed by atoms with E-state index in [2.05, 4.69) is 21.2 Å². The Balaban J connectivity index is 2.58. The maximum Gasteiger partial charge on any atom is 0.251 e. The van der Waals surface area contributed by atoms with Crippen molar-refractivity contribution < 1.29 is 9.90 Å². The highest BCUT2D eigenvalue weighted by molar-refractivity contribution is 9.09. The van der Waals surface area contributed by atoms with Gasteiger partial charge in [0.1, 0.15) is 5.76 Å². The molecule has 14 heavy (non-hydrogen) atoms. The lowest BCUT2D eigenvalue weighted by Crippen LogP contribution is -2.09. The number of amides is 1. The van der Waals surface area contributed by atoms with Gasteiger partial charge in [-0.25, -0.2) is 0 Å². The summed E-state index contributed by atoms with van der Waals surface area (Å²) >= 11 is 3.03. The molecule has 0 spiro atoms. The summed E-state index contributed by atoms with van der Waals surface area (Å²) in [6, 6.07) is 9.06. The van der Waals surface area contributed by atoms with E-state index >= 15 is 0 Å². The van der Waals surface area contributed by atoms with Crippen molar-refractivity contribution in [2.24, 2.45) is 0 Å². The van der Waals surface area contributed by atoms with Gasteiger partial charge in [-0.2, -0.15) is 0 Å². The molecule has 1 amide bonds. The fraction of sp³-hybridized carbons (Fsp3) is 0.100. The molecule has 74 valence electrons. The van der Waals surface area contributed by atoms with Crippen molar-refractivity contribution in [1.29, 1.82) is 0 Å². The molecule has 1 aromatic carbocycles. The van der Waals surface area contributed by atoms with Gasteiger partial charge in [0.15, 0.2) is 0 Å². The van der Waals surface area contributed by atoms with E-state index in [-0.39, 0.29) is 17.0 Å². The van der Waals surface area contributed by atoms with Gasteiger partial charge in [-0.05, 0) is 12.1 Å². The number of hydrogen-bond donors (Lipinski definition) is 2. The first-order chi connectivity index (χ1) is 6.72. The summed E-state index contributed by atoms with van der Waals surface area (Å²) in [5, 5.41) is 11.9. The van der Waals surface area contributed by atoms with Crippen LogP contribution in [-0.4, -0.2) is 16.3 Å². The Morgan fingerprint density at radius 2 is 2.07 bits per heavy atom. The van der Waals surface area contributed by atoms with Crippen LogP contribution < -0.4 is 5.32 Å². The van der Waals surface area contributed by atoms with Gasteiger partial charge >= 0.3 is 0 Å². The molecule has 0 heterocycles. The van der Waals surface area contributed by atoms with Gasteiger partial charge in [0.05, 0.1) is 5.33 Å². The molecule has 0 aliphatic rings. The number of benzene rings is 1. The number of aliphatic hydroxyl groups excluding tert-OH is 1. The van der Waals surface area contributed by atoms with Gasteiger partial charge < -0.3 is 10.4 Å². The van der Waals surface area contributed by atoms with Crippen LogP contribution in [0, 0.1) is 0 Å². The molecule has 0 saturated carbocycles. The number of carbonyl (C=O) groups excluding carboxylic acids is 1. The third-order valence-electron chi connectivity index (χ3n) is 1.48. The molecule has 1 rings (SSSR count). The molecule has 0 atom stereocenters. The summed E-state index contributed by atoms with van der Waals surface area (Å²) in [6.45, 7) is 0. The van der Waals surface area contributed by atoms with Crippen LogP contribution in [0.5, 0.6) is 0 Å². The maximum atomic E-state index is 11.2. The number of rotatable bonds is 3. The van der Waals surface area contributed by atoms with Gasteiger partial charge in [-0.1, -0.05) is 34.1 Å². The topological polar surface area (TPSA) is 49.3 Å². The van der Waals surface area contributed by atoms with Gasteiger partial charge in [0, 0.05) is 11.8 Å². The fourth-order valence-electron chi connectivity index (χ4n) is 0.890. The van der Waals surface area contributed by atoms with E-state index in [4.69, 9.17) is 5.11 Å². The Labute approximate surface area is 90.6 Å². The Kier molecular flexibility index (Phi) is 4.19. The average molecular weight is 256 g/mol. The molecule has 0 aliphatic carbocycles. The van der Waals surface area contributed by atoms with Crippen molar-refractivity contribution in [2.45, 2.75) is 0 Å². The van der Waals surface area contributed by atoms with E-state index in [1.54, 1.807) is 12.1 Å². The quantitative estimate of drug-likeness (QED) is 0.495. The first-order valence-corrected chi connectivity index (χ1v) is 5.16. The largest absolute Gasteiger partial charge is 0.511 e. The van der Waals surface area contributed by atoms with Crippen LogP contribution in [-0.2, 0) is 4.79 Å². The predicted octanol–water partition coefficient (Wildman–Crippen LogP) is 2.46. The summed E-state index contributed by atoms with van der Waals surface area (Å²) in [5.74, 6) is -0.341. The smallest absolute Gasteiger partial charge is 0.251 e. The number of carbonyl (C=O) groups is 1. The standard InChI is InChI=1S/C10H10BrNO2/c11-7-9(13)6-10(14)12-8-4-2-1-3-5-8/h1-6,13H,7H2,(H,12,14)/b9-6-. The third kappa shape index (κ3) is 3.62. The van der Waals surface area contributed by atoms with Crippen LogP contribution in [0.25, 0.3) is 0 Å². The summed E-state index contributed by atoms with van der Waals surface area (Å²) in [4.78, 5) is 11.2. The highest BCUT2D eigenvalue weighted by atomic mass is 79.9. The second-order valence-electron chi connectivity index (χ2n) is 2.62. The van der Waals surface area contributed by atoms with Gasteiger partial charge in [0.2, 0.25) is 0 Å². The first kappa shape index (κ1) is 10.8. The number of halogens is 1. The lowest BCUT2D eigenvalue weighted by atomic mass is 10.3. The third-order valence-corrected chi connectivity index (χ3v) is 2.05. The Hall–Kier alpha value is -1.29. The van der Waals surface area contributed by atoms with E-state index < -0.39 is 0 Å². The second-order valence-corrected chi connectivity index (χ2v) is 3.19. The van der Waals surface area contributed by atoms with E-state index in [1.807, 2.05) is 18.2 Å². The minimum atomic E-state index is -0.340. The van der Waals surface area contributed by atoms with Crippen molar-refractivity contribution in [1.82, 2.24) is 0 Å². The average Bonchev–Trinajstić information content (AvgIpc) is 2.19. The predicted molar refractivity (Wildman–Crippen MR) is 59.6 cm³/mol. The normalized spacial score (nSPS) is 11.1. The molecule has 0 saturated heterocycles. The second kappa shape index (κ2) is 5.44. The Morgan fingerprint density at radius 1 is 1.43 bits per heavy atom. The maximum absolute atomic E-state index is 11.2. The van der Waals surface area contributed by atoms with Crippen molar-refractivity contribution >= 4 is 27.5 Å². The minimum absolute atomic E-state index is 0.00145. The number of hydrogen-bond acceptors (Lipinski definition) is 2. The monoisotopic (exact) mass is 255 g/mol. The summed E-state index contributed by atoms with van der Waals surface area (Å²) in [7, 11) is 0. The molecule has 0 aliphatic heterocycles. The summed E-state index contributed by atoms with van der Waals surface area (Å²) < 4.78 is 0. The summed E-state index contributed by atoms with van der Waals surface area (Å²) in [6.07, 6.45) is 1.14. The van der Waals surface area contributed by atoms with E-state index in [0.717, 1.165) is 6.08 Å². The van der Waals surface area contributed by atoms with Crippen LogP contribution in [0.3, 0.4) is 0 Å². The molecule has 0 bridgehead atoms. The molecule has 0 aromatic heterocycles. The molecule has 2 N–H and O–H groups in total. The van der Waals surface area contributed by atoms with E-state index in [9.17, 15) is 4.79 Å². The number of para-hydroxylation sites is 1. The number of allylic oxidation sites excluding steroid dienone is 1. The Bertz CT molecular complexity index is 335. The van der Waals surface area contributed by atoms with Crippen LogP contribution in [0.1, 0.15) is 0 Å². The molecule has 4 heteroatoms. The number of anilines is 1. The molecule has 3 nitrogen and oxygen atoms in total. The summed E-state index contributed by atoms with van der Waals surface area (Å²) in [5.41, 5.74) is 0.705.